The largest absolute Gasteiger partial charge is 0.395 e. The summed E-state index contributed by atoms with van der Waals surface area (Å²) in [5.41, 5.74) is 4.78. The van der Waals surface area contributed by atoms with Gasteiger partial charge in [0.15, 0.2) is 0 Å². The van der Waals surface area contributed by atoms with E-state index in [-0.39, 0.29) is 18.1 Å². The van der Waals surface area contributed by atoms with Crippen molar-refractivity contribution in [2.75, 3.05) is 19.8 Å². The molecule has 0 saturated heterocycles. The van der Waals surface area contributed by atoms with Gasteiger partial charge in [-0.1, -0.05) is 89.3 Å². The molecular weight excluding hydrogens is 362 g/mol. The van der Waals surface area contributed by atoms with Crippen molar-refractivity contribution in [3.05, 3.63) is 30.3 Å². The van der Waals surface area contributed by atoms with E-state index in [0.717, 1.165) is 12.8 Å². The first-order chi connectivity index (χ1) is 13.1. The van der Waals surface area contributed by atoms with E-state index in [9.17, 15) is 8.42 Å². The Bertz CT molecular complexity index is 518. The molecule has 0 unspecified atom stereocenters. The minimum absolute atomic E-state index is 0.0972. The molecule has 0 heterocycles. The number of hydrogen-bond acceptors (Lipinski definition) is 5. The topological polar surface area (TPSA) is 89.6 Å². The number of unbranched alkanes of at least 4 members (excludes halogenated alkanes) is 10. The van der Waals surface area contributed by atoms with E-state index in [0.29, 0.717) is 6.54 Å². The van der Waals surface area contributed by atoms with E-state index in [1.807, 2.05) is 0 Å². The van der Waals surface area contributed by atoms with Gasteiger partial charge in [0.05, 0.1) is 18.1 Å². The fourth-order valence-electron chi connectivity index (χ4n) is 2.59. The molecule has 0 fully saturated rings. The molecule has 3 N–H and O–H groups in total. The van der Waals surface area contributed by atoms with Crippen molar-refractivity contribution < 1.29 is 17.7 Å². The van der Waals surface area contributed by atoms with Gasteiger partial charge < -0.3 is 10.8 Å². The minimum Gasteiger partial charge on any atom is -0.395 e. The van der Waals surface area contributed by atoms with Gasteiger partial charge in [0.1, 0.15) is 0 Å². The number of nitrogens with two attached hydrogens (primary N) is 1. The fourth-order valence-corrected chi connectivity index (χ4v) is 3.55. The normalized spacial score (nSPS) is 11.1. The highest BCUT2D eigenvalue weighted by atomic mass is 32.2. The molecule has 27 heavy (non-hydrogen) atoms. The van der Waals surface area contributed by atoms with Crippen molar-refractivity contribution >= 4 is 10.1 Å². The van der Waals surface area contributed by atoms with Crippen LogP contribution in [0.5, 0.6) is 0 Å². The lowest BCUT2D eigenvalue weighted by Crippen LogP contribution is -2.07. The second kappa shape index (κ2) is 18.4. The van der Waals surface area contributed by atoms with Crippen molar-refractivity contribution in [1.29, 1.82) is 0 Å². The molecule has 158 valence electrons. The Balaban J connectivity index is 0.00000153. The van der Waals surface area contributed by atoms with Crippen molar-refractivity contribution in [2.45, 2.75) is 82.4 Å². The van der Waals surface area contributed by atoms with Gasteiger partial charge in [-0.25, -0.2) is 0 Å². The van der Waals surface area contributed by atoms with Crippen LogP contribution in [0, 0.1) is 0 Å². The second-order valence-electron chi connectivity index (χ2n) is 6.64. The van der Waals surface area contributed by atoms with Crippen molar-refractivity contribution in [3.63, 3.8) is 0 Å². The average molecular weight is 402 g/mol. The Kier molecular flexibility index (Phi) is 17.8. The summed E-state index contributed by atoms with van der Waals surface area (Å²) in [7, 11) is -3.57. The summed E-state index contributed by atoms with van der Waals surface area (Å²) >= 11 is 0. The van der Waals surface area contributed by atoms with E-state index < -0.39 is 10.1 Å². The van der Waals surface area contributed by atoms with Gasteiger partial charge in [0, 0.05) is 6.54 Å². The third-order valence-electron chi connectivity index (χ3n) is 4.15. The van der Waals surface area contributed by atoms with Crippen LogP contribution in [0.15, 0.2) is 35.2 Å². The summed E-state index contributed by atoms with van der Waals surface area (Å²) in [6.07, 6.45) is 13.7. The van der Waals surface area contributed by atoms with Crippen LogP contribution in [-0.2, 0) is 14.3 Å². The van der Waals surface area contributed by atoms with Gasteiger partial charge in [-0.3, -0.25) is 4.18 Å². The Morgan fingerprint density at radius 3 is 1.74 bits per heavy atom. The average Bonchev–Trinajstić information content (AvgIpc) is 2.69. The number of aliphatic hydroxyl groups is 1. The second-order valence-corrected chi connectivity index (χ2v) is 8.25. The molecule has 0 aliphatic heterocycles. The molecule has 1 aromatic rings. The van der Waals surface area contributed by atoms with Gasteiger partial charge in [0.25, 0.3) is 10.1 Å². The molecular formula is C21H39NO4S. The lowest BCUT2D eigenvalue weighted by Gasteiger charge is -2.05. The molecule has 0 aromatic heterocycles. The van der Waals surface area contributed by atoms with E-state index in [1.165, 1.54) is 57.8 Å². The van der Waals surface area contributed by atoms with Crippen molar-refractivity contribution in [2.24, 2.45) is 5.73 Å². The van der Waals surface area contributed by atoms with Crippen LogP contribution in [0.1, 0.15) is 77.6 Å². The molecule has 1 aromatic carbocycles. The summed E-state index contributed by atoms with van der Waals surface area (Å²) in [4.78, 5) is 0.239. The van der Waals surface area contributed by atoms with E-state index in [4.69, 9.17) is 15.0 Å². The quantitative estimate of drug-likeness (QED) is 0.330. The third kappa shape index (κ3) is 15.8. The summed E-state index contributed by atoms with van der Waals surface area (Å²) < 4.78 is 28.9. The maximum Gasteiger partial charge on any atom is 0.296 e. The van der Waals surface area contributed by atoms with Crippen molar-refractivity contribution in [1.82, 2.24) is 0 Å². The highest BCUT2D eigenvalue weighted by Gasteiger charge is 2.13. The summed E-state index contributed by atoms with van der Waals surface area (Å²) in [6.45, 7) is 3.00. The monoisotopic (exact) mass is 401 g/mol. The first-order valence-electron chi connectivity index (χ1n) is 10.3. The highest BCUT2D eigenvalue weighted by Crippen LogP contribution is 2.14. The van der Waals surface area contributed by atoms with E-state index in [1.54, 1.807) is 30.3 Å². The molecule has 6 heteroatoms. The molecule has 0 aliphatic rings. The van der Waals surface area contributed by atoms with Crippen LogP contribution in [0.2, 0.25) is 0 Å². The van der Waals surface area contributed by atoms with Crippen LogP contribution in [0.4, 0.5) is 0 Å². The molecule has 0 spiro atoms. The molecule has 0 saturated carbocycles. The van der Waals surface area contributed by atoms with Gasteiger partial charge in [-0.15, -0.1) is 0 Å². The third-order valence-corrected chi connectivity index (χ3v) is 5.47. The number of rotatable bonds is 15. The molecule has 5 nitrogen and oxygen atoms in total. The Hall–Kier alpha value is -0.950. The lowest BCUT2D eigenvalue weighted by atomic mass is 10.1. The van der Waals surface area contributed by atoms with Gasteiger partial charge >= 0.3 is 0 Å². The van der Waals surface area contributed by atoms with Crippen LogP contribution in [0.25, 0.3) is 0 Å². The van der Waals surface area contributed by atoms with Crippen LogP contribution < -0.4 is 5.73 Å². The number of aliphatic hydroxyl groups excluding tert-OH is 1. The smallest absolute Gasteiger partial charge is 0.296 e. The summed E-state index contributed by atoms with van der Waals surface area (Å²) in [5, 5.41) is 7.75. The van der Waals surface area contributed by atoms with E-state index in [2.05, 4.69) is 6.92 Å². The predicted octanol–water partition coefficient (Wildman–Crippen LogP) is 4.64. The first kappa shape index (κ1) is 26.1. The molecule has 0 amide bonds. The zero-order valence-corrected chi connectivity index (χ0v) is 17.8. The SMILES string of the molecule is CCCCCCCCCCCCCOS(=O)(=O)c1ccccc1.NCCO. The molecule has 0 atom stereocenters. The number of hydrogen-bond donors (Lipinski definition) is 2. The fraction of sp³-hybridized carbons (Fsp3) is 0.714. The molecule has 0 aliphatic carbocycles. The Labute approximate surface area is 166 Å². The van der Waals surface area contributed by atoms with E-state index >= 15 is 0 Å². The van der Waals surface area contributed by atoms with Gasteiger partial charge in [-0.05, 0) is 18.6 Å². The predicted molar refractivity (Wildman–Crippen MR) is 112 cm³/mol. The maximum absolute atomic E-state index is 11.9. The van der Waals surface area contributed by atoms with Crippen LogP contribution >= 0.6 is 0 Å². The minimum atomic E-state index is -3.57. The zero-order valence-electron chi connectivity index (χ0n) is 16.9. The Morgan fingerprint density at radius 2 is 1.30 bits per heavy atom. The van der Waals surface area contributed by atoms with Gasteiger partial charge in [-0.2, -0.15) is 8.42 Å². The number of benzene rings is 1. The highest BCUT2D eigenvalue weighted by molar-refractivity contribution is 7.86. The molecule has 1 rings (SSSR count). The molecule has 0 bridgehead atoms. The van der Waals surface area contributed by atoms with Crippen molar-refractivity contribution in [3.8, 4) is 0 Å². The van der Waals surface area contributed by atoms with Crippen LogP contribution in [0.3, 0.4) is 0 Å². The summed E-state index contributed by atoms with van der Waals surface area (Å²) in [5.74, 6) is 0. The zero-order chi connectivity index (χ0) is 20.2. The lowest BCUT2D eigenvalue weighted by molar-refractivity contribution is 0.306. The summed E-state index contributed by atoms with van der Waals surface area (Å²) in [6, 6.07) is 8.34. The first-order valence-corrected chi connectivity index (χ1v) is 11.7. The Morgan fingerprint density at radius 1 is 0.852 bits per heavy atom. The standard InChI is InChI=1S/C19H32O3S.C2H7NO/c1-2-3-4-5-6-7-8-9-10-11-15-18-22-23(20,21)19-16-13-12-14-17-19;3-1-2-4/h12-14,16-17H,2-11,15,18H2,1H3;4H,1-3H2. The maximum atomic E-state index is 11.9. The van der Waals surface area contributed by atoms with Crippen LogP contribution in [-0.4, -0.2) is 33.3 Å². The molecule has 0 radical (unpaired) electrons. The van der Waals surface area contributed by atoms with Gasteiger partial charge in [0.2, 0.25) is 0 Å².